The lowest BCUT2D eigenvalue weighted by molar-refractivity contribution is -0.0291. The van der Waals surface area contributed by atoms with Crippen LogP contribution in [0.3, 0.4) is 0 Å². The molecule has 408 valence electrons. The molecule has 0 aromatic heterocycles. The molecular formula is C55H93NO15. The first kappa shape index (κ1) is 62.5. The van der Waals surface area contributed by atoms with Crippen LogP contribution in [0.25, 0.3) is 11.1 Å². The van der Waals surface area contributed by atoms with Crippen LogP contribution in [0, 0.1) is 0 Å². The van der Waals surface area contributed by atoms with Crippen LogP contribution in [0.5, 0.6) is 0 Å². The fourth-order valence-electron chi connectivity index (χ4n) is 7.61. The Labute approximate surface area is 427 Å². The van der Waals surface area contributed by atoms with Gasteiger partial charge in [0, 0.05) is 26.1 Å². The van der Waals surface area contributed by atoms with Gasteiger partial charge in [0.05, 0.1) is 165 Å². The third-order valence-corrected chi connectivity index (χ3v) is 11.6. The number of carbonyl (C=O) groups excluding carboxylic acids is 1. The maximum atomic E-state index is 12.6. The Morgan fingerprint density at radius 2 is 0.634 bits per heavy atom. The van der Waals surface area contributed by atoms with E-state index in [1.54, 1.807) is 7.05 Å². The molecule has 0 atom stereocenters. The van der Waals surface area contributed by atoms with E-state index in [0.717, 1.165) is 13.0 Å². The van der Waals surface area contributed by atoms with Crippen molar-refractivity contribution < 1.29 is 71.1 Å². The second-order valence-corrected chi connectivity index (χ2v) is 17.2. The minimum atomic E-state index is -0.365. The van der Waals surface area contributed by atoms with Crippen molar-refractivity contribution in [3.63, 3.8) is 0 Å². The summed E-state index contributed by atoms with van der Waals surface area (Å²) in [5.74, 6) is 0.0357. The summed E-state index contributed by atoms with van der Waals surface area (Å²) in [6.45, 7) is 16.4. The van der Waals surface area contributed by atoms with Gasteiger partial charge in [0.25, 0.3) is 0 Å². The van der Waals surface area contributed by atoms with Gasteiger partial charge < -0.3 is 71.2 Å². The van der Waals surface area contributed by atoms with E-state index in [0.29, 0.717) is 178 Å². The number of likely N-dealkylation sites (N-methyl/N-ethyl adjacent to an activating group) is 1. The van der Waals surface area contributed by atoms with Crippen molar-refractivity contribution in [3.8, 4) is 11.1 Å². The molecule has 0 N–H and O–H groups in total. The van der Waals surface area contributed by atoms with Gasteiger partial charge in [-0.15, -0.1) is 0 Å². The molecule has 0 saturated heterocycles. The molecule has 2 aromatic carbocycles. The van der Waals surface area contributed by atoms with Crippen molar-refractivity contribution >= 4 is 6.09 Å². The maximum absolute atomic E-state index is 12.6. The van der Waals surface area contributed by atoms with E-state index in [-0.39, 0.29) is 12.0 Å². The Morgan fingerprint density at radius 1 is 0.366 bits per heavy atom. The van der Waals surface area contributed by atoms with Gasteiger partial charge in [0.1, 0.15) is 6.61 Å². The van der Waals surface area contributed by atoms with Crippen molar-refractivity contribution in [2.75, 3.05) is 192 Å². The highest BCUT2D eigenvalue weighted by Crippen LogP contribution is 2.44. The van der Waals surface area contributed by atoms with Crippen molar-refractivity contribution in [3.05, 3.63) is 59.7 Å². The zero-order valence-corrected chi connectivity index (χ0v) is 43.8. The van der Waals surface area contributed by atoms with Crippen LogP contribution < -0.4 is 0 Å². The molecule has 0 radical (unpaired) electrons. The Hall–Kier alpha value is -2.81. The summed E-state index contributed by atoms with van der Waals surface area (Å²) in [5.41, 5.74) is 4.80. The molecule has 0 spiro atoms. The van der Waals surface area contributed by atoms with Crippen LogP contribution in [0.15, 0.2) is 48.5 Å². The molecule has 16 heteroatoms. The predicted octanol–water partition coefficient (Wildman–Crippen LogP) is 8.39. The number of ether oxygens (including phenoxy) is 14. The largest absolute Gasteiger partial charge is 0.448 e. The zero-order valence-electron chi connectivity index (χ0n) is 43.8. The monoisotopic (exact) mass is 1010 g/mol. The van der Waals surface area contributed by atoms with Crippen molar-refractivity contribution in [2.24, 2.45) is 0 Å². The number of rotatable bonds is 53. The van der Waals surface area contributed by atoms with Gasteiger partial charge in [0.2, 0.25) is 0 Å². The second-order valence-electron chi connectivity index (χ2n) is 17.2. The van der Waals surface area contributed by atoms with E-state index in [2.05, 4.69) is 31.2 Å². The fourth-order valence-corrected chi connectivity index (χ4v) is 7.61. The van der Waals surface area contributed by atoms with E-state index in [4.69, 9.17) is 66.3 Å². The summed E-state index contributed by atoms with van der Waals surface area (Å²) in [5, 5.41) is 0. The molecule has 0 unspecified atom stereocenters. The molecule has 1 aliphatic rings. The molecule has 2 aromatic rings. The number of unbranched alkanes of at least 4 members (excludes halogenated alkanes) is 10. The topological polar surface area (TPSA) is 150 Å². The Kier molecular flexibility index (Phi) is 41.3. The average Bonchev–Trinajstić information content (AvgIpc) is 3.71. The molecule has 1 amide bonds. The van der Waals surface area contributed by atoms with Crippen LogP contribution in [0.4, 0.5) is 4.79 Å². The van der Waals surface area contributed by atoms with E-state index in [1.165, 1.54) is 91.4 Å². The standard InChI is InChI=1S/C55H93NO15/c1-3-4-5-6-7-8-9-10-11-12-17-23-58-25-27-60-29-31-62-33-35-64-37-39-66-41-43-68-45-47-70-48-46-69-44-42-67-40-38-65-36-34-63-32-30-61-28-26-59-24-22-56(2)55(57)71-49-54-52-20-15-13-18-50(52)51-19-14-16-21-53(51)54/h13-16,18-21,54H,3-12,17,22-49H2,1-2H3. The van der Waals surface area contributed by atoms with Gasteiger partial charge in [0.15, 0.2) is 0 Å². The smallest absolute Gasteiger partial charge is 0.409 e. The third kappa shape index (κ3) is 33.6. The van der Waals surface area contributed by atoms with Gasteiger partial charge in [-0.1, -0.05) is 120 Å². The summed E-state index contributed by atoms with van der Waals surface area (Å²) in [6, 6.07) is 16.6. The summed E-state index contributed by atoms with van der Waals surface area (Å²) >= 11 is 0. The van der Waals surface area contributed by atoms with E-state index in [9.17, 15) is 4.79 Å². The number of hydrogen-bond donors (Lipinski definition) is 0. The number of amides is 1. The molecule has 0 aliphatic heterocycles. The highest BCUT2D eigenvalue weighted by atomic mass is 16.6. The van der Waals surface area contributed by atoms with Gasteiger partial charge >= 0.3 is 6.09 Å². The first-order chi connectivity index (χ1) is 35.2. The van der Waals surface area contributed by atoms with Gasteiger partial charge in [-0.25, -0.2) is 4.79 Å². The lowest BCUT2D eigenvalue weighted by Crippen LogP contribution is -2.32. The molecule has 0 fully saturated rings. The van der Waals surface area contributed by atoms with Crippen LogP contribution in [0.2, 0.25) is 0 Å². The minimum absolute atomic E-state index is 0.0357. The quantitative estimate of drug-likeness (QED) is 0.0584. The minimum Gasteiger partial charge on any atom is -0.448 e. The summed E-state index contributed by atoms with van der Waals surface area (Å²) in [4.78, 5) is 14.2. The van der Waals surface area contributed by atoms with Crippen molar-refractivity contribution in [2.45, 2.75) is 83.5 Å². The number of fused-ring (bicyclic) bond motifs is 3. The number of hydrogen-bond acceptors (Lipinski definition) is 15. The van der Waals surface area contributed by atoms with Gasteiger partial charge in [-0.05, 0) is 28.7 Å². The summed E-state index contributed by atoms with van der Waals surface area (Å²) in [6.07, 6.45) is 14.4. The Balaban J connectivity index is 0.899. The van der Waals surface area contributed by atoms with E-state index in [1.807, 2.05) is 24.3 Å². The number of nitrogens with zero attached hydrogens (tertiary/aromatic N) is 1. The SMILES string of the molecule is CCCCCCCCCCCCCOCCOCCOCCOCCOCCOCCOCCOCCOCCOCCOCCOCCOCCN(C)C(=O)OCC1c2ccccc2-c2ccccc21. The predicted molar refractivity (Wildman–Crippen MR) is 275 cm³/mol. The highest BCUT2D eigenvalue weighted by Gasteiger charge is 2.29. The number of benzene rings is 2. The van der Waals surface area contributed by atoms with E-state index < -0.39 is 0 Å². The third-order valence-electron chi connectivity index (χ3n) is 11.6. The molecule has 1 aliphatic carbocycles. The Morgan fingerprint density at radius 3 is 0.958 bits per heavy atom. The van der Waals surface area contributed by atoms with Crippen molar-refractivity contribution in [1.29, 1.82) is 0 Å². The molecule has 3 rings (SSSR count). The normalized spacial score (nSPS) is 12.2. The lowest BCUT2D eigenvalue weighted by atomic mass is 9.98. The van der Waals surface area contributed by atoms with Crippen LogP contribution in [-0.2, 0) is 66.3 Å². The Bertz CT molecular complexity index is 1450. The summed E-state index contributed by atoms with van der Waals surface area (Å²) < 4.78 is 78.0. The van der Waals surface area contributed by atoms with Crippen LogP contribution in [0.1, 0.15) is 94.6 Å². The molecule has 0 bridgehead atoms. The zero-order chi connectivity index (χ0) is 50.2. The first-order valence-electron chi connectivity index (χ1n) is 26.8. The van der Waals surface area contributed by atoms with Crippen LogP contribution >= 0.6 is 0 Å². The molecule has 0 saturated carbocycles. The first-order valence-corrected chi connectivity index (χ1v) is 26.8. The molecule has 71 heavy (non-hydrogen) atoms. The highest BCUT2D eigenvalue weighted by molar-refractivity contribution is 5.79. The van der Waals surface area contributed by atoms with Gasteiger partial charge in [-0.3, -0.25) is 0 Å². The molecular weight excluding hydrogens is 915 g/mol. The lowest BCUT2D eigenvalue weighted by Gasteiger charge is -2.19. The molecule has 16 nitrogen and oxygen atoms in total. The number of carbonyl (C=O) groups is 1. The van der Waals surface area contributed by atoms with Crippen LogP contribution in [-0.4, -0.2) is 203 Å². The maximum Gasteiger partial charge on any atom is 0.409 e. The van der Waals surface area contributed by atoms with Crippen molar-refractivity contribution in [1.82, 2.24) is 4.90 Å². The van der Waals surface area contributed by atoms with Gasteiger partial charge in [-0.2, -0.15) is 0 Å². The van der Waals surface area contributed by atoms with E-state index >= 15 is 0 Å². The summed E-state index contributed by atoms with van der Waals surface area (Å²) in [7, 11) is 1.72. The average molecular weight is 1010 g/mol. The second kappa shape index (κ2) is 46.9. The molecule has 0 heterocycles. The fraction of sp³-hybridized carbons (Fsp3) is 0.764.